The summed E-state index contributed by atoms with van der Waals surface area (Å²) >= 11 is 0. The predicted octanol–water partition coefficient (Wildman–Crippen LogP) is 1.70. The number of nitrogens with two attached hydrogens (primary N) is 1. The highest BCUT2D eigenvalue weighted by Gasteiger charge is 2.07. The summed E-state index contributed by atoms with van der Waals surface area (Å²) in [6.45, 7) is 2.09. The average Bonchev–Trinajstić information content (AvgIpc) is 2.54. The zero-order valence-electron chi connectivity index (χ0n) is 12.5. The summed E-state index contributed by atoms with van der Waals surface area (Å²) in [4.78, 5) is 36.8. The van der Waals surface area contributed by atoms with E-state index in [1.54, 1.807) is 31.2 Å². The number of nitrogens with one attached hydrogen (secondary N) is 2. The minimum atomic E-state index is -0.454. The third-order valence-electron chi connectivity index (χ3n) is 2.81. The number of hydrogen-bond acceptors (Lipinski definition) is 7. The van der Waals surface area contributed by atoms with E-state index in [1.165, 1.54) is 12.4 Å². The predicted molar refractivity (Wildman–Crippen MR) is 91.6 cm³/mol. The molecule has 8 heteroatoms. The first-order valence-electron chi connectivity index (χ1n) is 6.84. The van der Waals surface area contributed by atoms with Gasteiger partial charge in [0.25, 0.3) is 5.56 Å². The Morgan fingerprint density at radius 1 is 1.30 bits per heavy atom. The summed E-state index contributed by atoms with van der Waals surface area (Å²) in [6.07, 6.45) is 3.82. The van der Waals surface area contributed by atoms with Crippen molar-refractivity contribution in [1.29, 1.82) is 0 Å². The Kier molecular flexibility index (Phi) is 5.35. The Balaban J connectivity index is 2.08. The van der Waals surface area contributed by atoms with Gasteiger partial charge in [-0.05, 0) is 31.2 Å². The Morgan fingerprint density at radius 2 is 2.04 bits per heavy atom. The molecule has 0 fully saturated rings. The number of carbonyl (C=O) groups is 1. The summed E-state index contributed by atoms with van der Waals surface area (Å²) in [5, 5.41) is 3.09. The summed E-state index contributed by atoms with van der Waals surface area (Å²) in [5.74, 6) is 0.156. The molecule has 0 saturated heterocycles. The second-order valence-electron chi connectivity index (χ2n) is 4.44. The maximum absolute atomic E-state index is 11.9. The second kappa shape index (κ2) is 7.64. The van der Waals surface area contributed by atoms with E-state index < -0.39 is 5.56 Å². The van der Waals surface area contributed by atoms with E-state index in [1.807, 2.05) is 0 Å². The molecule has 0 radical (unpaired) electrons. The van der Waals surface area contributed by atoms with Crippen molar-refractivity contribution >= 4 is 41.9 Å². The van der Waals surface area contributed by atoms with E-state index in [2.05, 4.69) is 25.3 Å². The van der Waals surface area contributed by atoms with E-state index in [4.69, 9.17) is 5.73 Å². The fourth-order valence-electron chi connectivity index (χ4n) is 1.78. The number of rotatable bonds is 6. The fraction of sp³-hybridized carbons (Fsp3) is 0.133. The van der Waals surface area contributed by atoms with Gasteiger partial charge in [-0.25, -0.2) is 9.98 Å². The lowest BCUT2D eigenvalue weighted by atomic mass is 10.2. The van der Waals surface area contributed by atoms with E-state index in [0.717, 1.165) is 12.0 Å². The molecule has 4 N–H and O–H groups in total. The SMILES string of the molecule is CC=Nc1nc(N)[nH]c(=O)c1N=CCNc1ccc(C=O)cc1. The van der Waals surface area contributed by atoms with Gasteiger partial charge in [0.05, 0.1) is 6.54 Å². The highest BCUT2D eigenvalue weighted by Crippen LogP contribution is 2.20. The number of nitrogens with zero attached hydrogens (tertiary/aromatic N) is 3. The molecule has 2 rings (SSSR count). The molecule has 0 aliphatic carbocycles. The first-order valence-corrected chi connectivity index (χ1v) is 6.84. The number of anilines is 2. The van der Waals surface area contributed by atoms with Gasteiger partial charge in [-0.1, -0.05) is 0 Å². The maximum atomic E-state index is 11.9. The van der Waals surface area contributed by atoms with Gasteiger partial charge < -0.3 is 11.1 Å². The highest BCUT2D eigenvalue weighted by molar-refractivity contribution is 5.76. The molecule has 8 nitrogen and oxygen atoms in total. The van der Waals surface area contributed by atoms with Crippen molar-refractivity contribution in [3.05, 3.63) is 40.2 Å². The number of nitrogen functional groups attached to an aromatic ring is 1. The van der Waals surface area contributed by atoms with Crippen LogP contribution in [0.5, 0.6) is 0 Å². The van der Waals surface area contributed by atoms with Gasteiger partial charge in [0.15, 0.2) is 11.5 Å². The third-order valence-corrected chi connectivity index (χ3v) is 2.81. The quantitative estimate of drug-likeness (QED) is 0.553. The van der Waals surface area contributed by atoms with Crippen LogP contribution in [0.25, 0.3) is 0 Å². The molecule has 1 aromatic heterocycles. The van der Waals surface area contributed by atoms with Gasteiger partial charge in [0.2, 0.25) is 5.95 Å². The lowest BCUT2D eigenvalue weighted by molar-refractivity contribution is 0.112. The van der Waals surface area contributed by atoms with Crippen LogP contribution in [-0.4, -0.2) is 35.2 Å². The molecule has 0 aliphatic rings. The van der Waals surface area contributed by atoms with E-state index in [0.29, 0.717) is 12.1 Å². The molecule has 0 spiro atoms. The van der Waals surface area contributed by atoms with Crippen molar-refractivity contribution in [3.63, 3.8) is 0 Å². The number of aliphatic imine (C=N–C) groups is 2. The second-order valence-corrected chi connectivity index (χ2v) is 4.44. The Labute approximate surface area is 132 Å². The molecule has 0 saturated carbocycles. The Morgan fingerprint density at radius 3 is 2.70 bits per heavy atom. The van der Waals surface area contributed by atoms with Crippen LogP contribution in [0.2, 0.25) is 0 Å². The van der Waals surface area contributed by atoms with E-state index in [9.17, 15) is 9.59 Å². The third kappa shape index (κ3) is 4.34. The van der Waals surface area contributed by atoms with E-state index >= 15 is 0 Å². The van der Waals surface area contributed by atoms with Gasteiger partial charge in [0, 0.05) is 23.7 Å². The molecule has 118 valence electrons. The van der Waals surface area contributed by atoms with Gasteiger partial charge >= 0.3 is 0 Å². The number of aromatic amines is 1. The standard InChI is InChI=1S/C15H16N6O2/c1-2-17-13-12(14(23)21-15(16)20-13)19-8-7-18-11-5-3-10(9-22)4-6-11/h2-6,8-9,18H,7H2,1H3,(H3,16,20,21,23). The molecule has 0 atom stereocenters. The van der Waals surface area contributed by atoms with Crippen molar-refractivity contribution in [2.75, 3.05) is 17.6 Å². The molecule has 0 amide bonds. The first-order chi connectivity index (χ1) is 11.1. The van der Waals surface area contributed by atoms with Crippen LogP contribution in [0.15, 0.2) is 39.0 Å². The van der Waals surface area contributed by atoms with Gasteiger partial charge in [-0.3, -0.25) is 14.6 Å². The minimum absolute atomic E-state index is 0.0112. The minimum Gasteiger partial charge on any atom is -0.380 e. The van der Waals surface area contributed by atoms with Crippen LogP contribution in [0, 0.1) is 0 Å². The van der Waals surface area contributed by atoms with Crippen LogP contribution in [-0.2, 0) is 0 Å². The molecule has 1 aromatic carbocycles. The Hall–Kier alpha value is -3.29. The first kappa shape index (κ1) is 16.1. The van der Waals surface area contributed by atoms with Crippen LogP contribution in [0.3, 0.4) is 0 Å². The number of aromatic nitrogens is 2. The highest BCUT2D eigenvalue weighted by atomic mass is 16.1. The van der Waals surface area contributed by atoms with Crippen LogP contribution < -0.4 is 16.6 Å². The summed E-state index contributed by atoms with van der Waals surface area (Å²) in [5.41, 5.74) is 6.56. The number of H-pyrrole nitrogens is 1. The van der Waals surface area contributed by atoms with Crippen molar-refractivity contribution < 1.29 is 4.79 Å². The van der Waals surface area contributed by atoms with Crippen molar-refractivity contribution in [1.82, 2.24) is 9.97 Å². The molecule has 2 aromatic rings. The number of carbonyl (C=O) groups excluding carboxylic acids is 1. The zero-order valence-corrected chi connectivity index (χ0v) is 12.5. The lowest BCUT2D eigenvalue weighted by Gasteiger charge is -2.03. The largest absolute Gasteiger partial charge is 0.380 e. The maximum Gasteiger partial charge on any atom is 0.280 e. The van der Waals surface area contributed by atoms with Crippen LogP contribution in [0.1, 0.15) is 17.3 Å². The molecule has 1 heterocycles. The van der Waals surface area contributed by atoms with Crippen molar-refractivity contribution in [3.8, 4) is 0 Å². The van der Waals surface area contributed by atoms with Crippen LogP contribution >= 0.6 is 0 Å². The van der Waals surface area contributed by atoms with Crippen molar-refractivity contribution in [2.45, 2.75) is 6.92 Å². The summed E-state index contributed by atoms with van der Waals surface area (Å²) in [6, 6.07) is 6.97. The molecule has 0 aliphatic heterocycles. The number of benzene rings is 1. The molecule has 0 bridgehead atoms. The molecule has 23 heavy (non-hydrogen) atoms. The fourth-order valence-corrected chi connectivity index (χ4v) is 1.78. The normalized spacial score (nSPS) is 11.2. The average molecular weight is 312 g/mol. The number of aldehydes is 1. The molecular formula is C15H16N6O2. The van der Waals surface area contributed by atoms with Gasteiger partial charge in [-0.15, -0.1) is 0 Å². The van der Waals surface area contributed by atoms with E-state index in [-0.39, 0.29) is 17.5 Å². The monoisotopic (exact) mass is 312 g/mol. The summed E-state index contributed by atoms with van der Waals surface area (Å²) < 4.78 is 0. The summed E-state index contributed by atoms with van der Waals surface area (Å²) in [7, 11) is 0. The topological polar surface area (TPSA) is 126 Å². The smallest absolute Gasteiger partial charge is 0.280 e. The molecular weight excluding hydrogens is 296 g/mol. The van der Waals surface area contributed by atoms with Crippen molar-refractivity contribution in [2.24, 2.45) is 9.98 Å². The zero-order chi connectivity index (χ0) is 16.7. The molecule has 0 unspecified atom stereocenters. The Bertz CT molecular complexity index is 793. The lowest BCUT2D eigenvalue weighted by Crippen LogP contribution is -2.11. The van der Waals surface area contributed by atoms with Gasteiger partial charge in [-0.2, -0.15) is 4.98 Å². The van der Waals surface area contributed by atoms with Gasteiger partial charge in [0.1, 0.15) is 6.29 Å². The number of hydrogen-bond donors (Lipinski definition) is 3. The van der Waals surface area contributed by atoms with Crippen LogP contribution in [0.4, 0.5) is 23.1 Å².